The first-order valence-corrected chi connectivity index (χ1v) is 6.79. The lowest BCUT2D eigenvalue weighted by Gasteiger charge is -2.33. The minimum atomic E-state index is -0.302. The third-order valence-electron chi connectivity index (χ3n) is 5.08. The highest BCUT2D eigenvalue weighted by atomic mass is 16.3. The van der Waals surface area contributed by atoms with Gasteiger partial charge in [-0.1, -0.05) is 32.4 Å². The Kier molecular flexibility index (Phi) is 3.16. The first-order valence-electron chi connectivity index (χ1n) is 6.79. The molecule has 2 nitrogen and oxygen atoms in total. The van der Waals surface area contributed by atoms with Crippen molar-refractivity contribution in [2.24, 2.45) is 16.7 Å². The molecule has 0 heterocycles. The third kappa shape index (κ3) is 2.30. The van der Waals surface area contributed by atoms with Crippen LogP contribution in [0.25, 0.3) is 0 Å². The van der Waals surface area contributed by atoms with Crippen LogP contribution in [0, 0.1) is 16.7 Å². The quantitative estimate of drug-likeness (QED) is 0.637. The molecule has 0 spiro atoms. The Labute approximate surface area is 105 Å². The SMILES string of the molecule is CC1=CCC(C)(C)C(O)C2CC2(C)C(O)CC1. The van der Waals surface area contributed by atoms with Gasteiger partial charge in [0.25, 0.3) is 0 Å². The third-order valence-corrected chi connectivity index (χ3v) is 5.08. The molecule has 0 radical (unpaired) electrons. The van der Waals surface area contributed by atoms with Crippen molar-refractivity contribution in [2.45, 2.75) is 65.6 Å². The van der Waals surface area contributed by atoms with Gasteiger partial charge < -0.3 is 10.2 Å². The van der Waals surface area contributed by atoms with Gasteiger partial charge in [0.15, 0.2) is 0 Å². The van der Waals surface area contributed by atoms with E-state index in [1.165, 1.54) is 5.57 Å². The van der Waals surface area contributed by atoms with Crippen LogP contribution >= 0.6 is 0 Å². The van der Waals surface area contributed by atoms with Crippen molar-refractivity contribution >= 4 is 0 Å². The normalized spacial score (nSPS) is 45.8. The number of hydrogen-bond acceptors (Lipinski definition) is 2. The molecule has 4 unspecified atom stereocenters. The number of hydrogen-bond donors (Lipinski definition) is 2. The van der Waals surface area contributed by atoms with Gasteiger partial charge in [0.05, 0.1) is 12.2 Å². The fourth-order valence-corrected chi connectivity index (χ4v) is 3.17. The van der Waals surface area contributed by atoms with Crippen LogP contribution in [0.2, 0.25) is 0 Å². The molecule has 4 atom stereocenters. The van der Waals surface area contributed by atoms with Crippen molar-refractivity contribution in [3.8, 4) is 0 Å². The van der Waals surface area contributed by atoms with Crippen LogP contribution in [0.3, 0.4) is 0 Å². The molecule has 17 heavy (non-hydrogen) atoms. The highest BCUT2D eigenvalue weighted by Crippen LogP contribution is 2.60. The molecule has 0 aromatic heterocycles. The molecule has 0 aliphatic heterocycles. The monoisotopic (exact) mass is 238 g/mol. The lowest BCUT2D eigenvalue weighted by atomic mass is 9.76. The van der Waals surface area contributed by atoms with Gasteiger partial charge in [-0.15, -0.1) is 0 Å². The highest BCUT2D eigenvalue weighted by molar-refractivity contribution is 5.12. The fraction of sp³-hybridized carbons (Fsp3) is 0.867. The van der Waals surface area contributed by atoms with E-state index < -0.39 is 0 Å². The Balaban J connectivity index is 2.24. The Bertz CT molecular complexity index is 332. The van der Waals surface area contributed by atoms with Crippen molar-refractivity contribution in [3.05, 3.63) is 11.6 Å². The zero-order valence-electron chi connectivity index (χ0n) is 11.5. The van der Waals surface area contributed by atoms with Gasteiger partial charge in [-0.25, -0.2) is 0 Å². The minimum absolute atomic E-state index is 0.0473. The van der Waals surface area contributed by atoms with Gasteiger partial charge in [0, 0.05) is 0 Å². The number of rotatable bonds is 0. The molecular weight excluding hydrogens is 212 g/mol. The van der Waals surface area contributed by atoms with Crippen LogP contribution in [0.4, 0.5) is 0 Å². The van der Waals surface area contributed by atoms with Gasteiger partial charge in [-0.05, 0) is 49.4 Å². The van der Waals surface area contributed by atoms with E-state index >= 15 is 0 Å². The molecule has 0 aromatic carbocycles. The maximum Gasteiger partial charge on any atom is 0.0628 e. The van der Waals surface area contributed by atoms with Crippen LogP contribution in [-0.4, -0.2) is 22.4 Å². The van der Waals surface area contributed by atoms with Crippen molar-refractivity contribution in [1.82, 2.24) is 0 Å². The molecule has 2 aliphatic rings. The van der Waals surface area contributed by atoms with Gasteiger partial charge >= 0.3 is 0 Å². The maximum absolute atomic E-state index is 10.5. The largest absolute Gasteiger partial charge is 0.393 e. The summed E-state index contributed by atoms with van der Waals surface area (Å²) < 4.78 is 0. The second-order valence-electron chi connectivity index (χ2n) is 7.06. The summed E-state index contributed by atoms with van der Waals surface area (Å²) in [7, 11) is 0. The van der Waals surface area contributed by atoms with Crippen LogP contribution in [-0.2, 0) is 0 Å². The van der Waals surface area contributed by atoms with Crippen LogP contribution in [0.1, 0.15) is 53.4 Å². The van der Waals surface area contributed by atoms with Crippen molar-refractivity contribution in [2.75, 3.05) is 0 Å². The standard InChI is InChI=1S/C15H26O2/c1-10-5-6-12(16)15(4)9-11(15)13(17)14(2,3)8-7-10/h7,11-13,16-17H,5-6,8-9H2,1-4H3. The Morgan fingerprint density at radius 3 is 2.53 bits per heavy atom. The van der Waals surface area contributed by atoms with E-state index in [1.54, 1.807) is 0 Å². The zero-order chi connectivity index (χ0) is 12.8. The molecule has 2 aliphatic carbocycles. The first-order chi connectivity index (χ1) is 7.77. The average Bonchev–Trinajstić information content (AvgIpc) is 2.95. The second kappa shape index (κ2) is 4.10. The van der Waals surface area contributed by atoms with Gasteiger partial charge in [-0.2, -0.15) is 0 Å². The topological polar surface area (TPSA) is 40.5 Å². The fourth-order valence-electron chi connectivity index (χ4n) is 3.17. The molecule has 2 N–H and O–H groups in total. The van der Waals surface area contributed by atoms with Gasteiger partial charge in [-0.3, -0.25) is 0 Å². The molecule has 2 heteroatoms. The van der Waals surface area contributed by atoms with Crippen molar-refractivity contribution in [3.63, 3.8) is 0 Å². The number of aliphatic hydroxyl groups excluding tert-OH is 2. The molecule has 1 saturated carbocycles. The second-order valence-corrected chi connectivity index (χ2v) is 7.06. The summed E-state index contributed by atoms with van der Waals surface area (Å²) in [5, 5.41) is 20.8. The molecule has 0 aromatic rings. The Hall–Kier alpha value is -0.340. The lowest BCUT2D eigenvalue weighted by molar-refractivity contribution is -0.000852. The molecule has 98 valence electrons. The molecule has 0 amide bonds. The molecule has 1 fully saturated rings. The Morgan fingerprint density at radius 2 is 1.88 bits per heavy atom. The first kappa shape index (κ1) is 13.1. The van der Waals surface area contributed by atoms with Crippen molar-refractivity contribution < 1.29 is 10.2 Å². The summed E-state index contributed by atoms with van der Waals surface area (Å²) in [6, 6.07) is 0. The average molecular weight is 238 g/mol. The summed E-state index contributed by atoms with van der Waals surface area (Å²) >= 11 is 0. The van der Waals surface area contributed by atoms with Gasteiger partial charge in [0.2, 0.25) is 0 Å². The molecule has 0 bridgehead atoms. The molecular formula is C15H26O2. The van der Waals surface area contributed by atoms with Crippen LogP contribution in [0.5, 0.6) is 0 Å². The van der Waals surface area contributed by atoms with E-state index in [2.05, 4.69) is 33.8 Å². The Morgan fingerprint density at radius 1 is 1.24 bits per heavy atom. The summed E-state index contributed by atoms with van der Waals surface area (Å²) in [5.74, 6) is 0.277. The van der Waals surface area contributed by atoms with E-state index in [0.717, 1.165) is 25.7 Å². The van der Waals surface area contributed by atoms with Gasteiger partial charge in [0.1, 0.15) is 0 Å². The summed E-state index contributed by atoms with van der Waals surface area (Å²) in [6.07, 6.45) is 5.39. The predicted molar refractivity (Wildman–Crippen MR) is 69.6 cm³/mol. The molecule has 2 rings (SSSR count). The highest BCUT2D eigenvalue weighted by Gasteiger charge is 2.60. The zero-order valence-corrected chi connectivity index (χ0v) is 11.5. The maximum atomic E-state index is 10.5. The van der Waals surface area contributed by atoms with Crippen molar-refractivity contribution in [1.29, 1.82) is 0 Å². The summed E-state index contributed by atoms with van der Waals surface area (Å²) in [5.41, 5.74) is 1.21. The van der Waals surface area contributed by atoms with Crippen LogP contribution < -0.4 is 0 Å². The summed E-state index contributed by atoms with van der Waals surface area (Å²) in [4.78, 5) is 0. The van der Waals surface area contributed by atoms with E-state index in [0.29, 0.717) is 0 Å². The number of aliphatic hydroxyl groups is 2. The molecule has 0 saturated heterocycles. The number of fused-ring (bicyclic) bond motifs is 1. The van der Waals surface area contributed by atoms with E-state index in [-0.39, 0.29) is 29.0 Å². The minimum Gasteiger partial charge on any atom is -0.393 e. The lowest BCUT2D eigenvalue weighted by Crippen LogP contribution is -2.35. The number of allylic oxidation sites excluding steroid dienone is 2. The summed E-state index contributed by atoms with van der Waals surface area (Å²) in [6.45, 7) is 8.52. The van der Waals surface area contributed by atoms with E-state index in [1.807, 2.05) is 0 Å². The smallest absolute Gasteiger partial charge is 0.0628 e. The predicted octanol–water partition coefficient (Wildman–Crippen LogP) is 2.89. The van der Waals surface area contributed by atoms with Crippen LogP contribution in [0.15, 0.2) is 11.6 Å². The van der Waals surface area contributed by atoms with E-state index in [4.69, 9.17) is 0 Å². The van der Waals surface area contributed by atoms with E-state index in [9.17, 15) is 10.2 Å².